The van der Waals surface area contributed by atoms with Crippen molar-refractivity contribution in [2.45, 2.75) is 32.6 Å². The largest absolute Gasteiger partial charge is 0.508 e. The summed E-state index contributed by atoms with van der Waals surface area (Å²) in [7, 11) is 1.81. The van der Waals surface area contributed by atoms with Crippen LogP contribution in [0.25, 0.3) is 0 Å². The third-order valence-corrected chi connectivity index (χ3v) is 6.80. The summed E-state index contributed by atoms with van der Waals surface area (Å²) in [6.45, 7) is 3.41. The van der Waals surface area contributed by atoms with Crippen LogP contribution < -0.4 is 0 Å². The Labute approximate surface area is 202 Å². The third kappa shape index (κ3) is 4.88. The zero-order valence-corrected chi connectivity index (χ0v) is 19.9. The van der Waals surface area contributed by atoms with Crippen LogP contribution in [0.5, 0.6) is 5.75 Å². The summed E-state index contributed by atoms with van der Waals surface area (Å²) in [5.74, 6) is 0.186. The molecule has 1 N–H and O–H groups in total. The maximum Gasteiger partial charge on any atom is 0.274 e. The van der Waals surface area contributed by atoms with Crippen molar-refractivity contribution in [1.82, 2.24) is 24.6 Å². The van der Waals surface area contributed by atoms with E-state index in [4.69, 9.17) is 5.10 Å². The van der Waals surface area contributed by atoms with E-state index in [0.29, 0.717) is 25.3 Å². The van der Waals surface area contributed by atoms with E-state index in [1.165, 1.54) is 11.3 Å². The first-order chi connectivity index (χ1) is 16.6. The van der Waals surface area contributed by atoms with Gasteiger partial charge in [0.25, 0.3) is 5.91 Å². The number of aromatic nitrogens is 3. The number of phenols is 1. The summed E-state index contributed by atoms with van der Waals surface area (Å²) in [4.78, 5) is 21.8. The van der Waals surface area contributed by atoms with E-state index in [1.807, 2.05) is 40.4 Å². The van der Waals surface area contributed by atoms with Gasteiger partial charge in [0.05, 0.1) is 24.3 Å². The van der Waals surface area contributed by atoms with Crippen LogP contribution in [0.2, 0.25) is 0 Å². The lowest BCUT2D eigenvalue weighted by Crippen LogP contribution is -2.33. The quantitative estimate of drug-likeness (QED) is 0.440. The Morgan fingerprint density at radius 3 is 2.59 bits per heavy atom. The zero-order chi connectivity index (χ0) is 23.5. The molecule has 2 aromatic carbocycles. The van der Waals surface area contributed by atoms with E-state index >= 15 is 0 Å². The fourth-order valence-electron chi connectivity index (χ4n) is 4.41. The Morgan fingerprint density at radius 1 is 1.09 bits per heavy atom. The van der Waals surface area contributed by atoms with Crippen molar-refractivity contribution in [2.24, 2.45) is 0 Å². The number of nitrogens with zero attached hydrogens (tertiary/aromatic N) is 5. The summed E-state index contributed by atoms with van der Waals surface area (Å²) in [6, 6.07) is 17.5. The first-order valence-electron chi connectivity index (χ1n) is 11.3. The summed E-state index contributed by atoms with van der Waals surface area (Å²) < 4.78 is 2.01. The minimum atomic E-state index is -0.0810. The third-order valence-electron chi connectivity index (χ3n) is 6.16. The molecule has 0 radical (unpaired) electrons. The molecule has 8 heteroatoms. The minimum absolute atomic E-state index is 0.0810. The molecule has 7 nitrogen and oxygen atoms in total. The number of carbonyl (C=O) groups excluding carboxylic acids is 1. The zero-order valence-electron chi connectivity index (χ0n) is 19.1. The monoisotopic (exact) mass is 473 g/mol. The molecule has 3 heterocycles. The number of phenolic OH excluding ortho intramolecular Hbond substituents is 1. The lowest BCUT2D eigenvalue weighted by molar-refractivity contribution is 0.0774. The van der Waals surface area contributed by atoms with Gasteiger partial charge in [-0.3, -0.25) is 14.4 Å². The molecule has 0 unspecified atom stereocenters. The predicted molar refractivity (Wildman–Crippen MR) is 132 cm³/mol. The van der Waals surface area contributed by atoms with Crippen molar-refractivity contribution < 1.29 is 9.90 Å². The minimum Gasteiger partial charge on any atom is -0.508 e. The van der Waals surface area contributed by atoms with Crippen molar-refractivity contribution in [3.05, 3.63) is 99.3 Å². The second-order valence-corrected chi connectivity index (χ2v) is 9.40. The van der Waals surface area contributed by atoms with Crippen LogP contribution in [0.4, 0.5) is 0 Å². The van der Waals surface area contributed by atoms with Gasteiger partial charge < -0.3 is 10.0 Å². The molecule has 0 aliphatic carbocycles. The molecule has 0 saturated carbocycles. The number of benzene rings is 2. The van der Waals surface area contributed by atoms with Crippen molar-refractivity contribution >= 4 is 17.2 Å². The Balaban J connectivity index is 1.42. The number of hydrogen-bond donors (Lipinski definition) is 1. The molecule has 1 aliphatic rings. The Morgan fingerprint density at radius 2 is 1.85 bits per heavy atom. The second kappa shape index (κ2) is 9.79. The van der Waals surface area contributed by atoms with Gasteiger partial charge in [-0.25, -0.2) is 4.98 Å². The lowest BCUT2D eigenvalue weighted by Gasteiger charge is -2.28. The van der Waals surface area contributed by atoms with Crippen molar-refractivity contribution in [2.75, 3.05) is 13.6 Å². The fourth-order valence-corrected chi connectivity index (χ4v) is 4.96. The number of amides is 1. The van der Waals surface area contributed by atoms with Crippen molar-refractivity contribution in [3.8, 4) is 5.75 Å². The van der Waals surface area contributed by atoms with Gasteiger partial charge in [0.2, 0.25) is 0 Å². The van der Waals surface area contributed by atoms with Crippen LogP contribution in [0.3, 0.4) is 0 Å². The van der Waals surface area contributed by atoms with E-state index in [-0.39, 0.29) is 11.7 Å². The Bertz CT molecular complexity index is 1250. The highest BCUT2D eigenvalue weighted by atomic mass is 32.1. The molecule has 0 atom stereocenters. The van der Waals surface area contributed by atoms with E-state index in [9.17, 15) is 9.90 Å². The Kier molecular flexibility index (Phi) is 6.42. The number of carbonyl (C=O) groups is 1. The van der Waals surface area contributed by atoms with E-state index in [0.717, 1.165) is 47.6 Å². The smallest absolute Gasteiger partial charge is 0.274 e. The number of fused-ring (bicyclic) bond motifs is 1. The average molecular weight is 474 g/mol. The molecule has 4 aromatic rings. The van der Waals surface area contributed by atoms with Crippen molar-refractivity contribution in [3.63, 3.8) is 0 Å². The number of thiazole rings is 1. The molecule has 1 aliphatic heterocycles. The maximum absolute atomic E-state index is 13.5. The van der Waals surface area contributed by atoms with Gasteiger partial charge in [-0.05, 0) is 23.3 Å². The molecule has 0 spiro atoms. The lowest BCUT2D eigenvalue weighted by atomic mass is 10.0. The molecular weight excluding hydrogens is 446 g/mol. The SMILES string of the molecule is CN(Cc1cscn1)C(=O)c1nn(Cc2ccccc2)c2c1CN(Cc1ccc(O)cc1)CC2. The summed E-state index contributed by atoms with van der Waals surface area (Å²) in [6.07, 6.45) is 0.830. The standard InChI is InChI=1S/C26H27N5O2S/c1-29(15-21-17-34-18-27-21)26(33)25-23-16-30(13-20-7-9-22(32)10-8-20)12-11-24(23)31(28-25)14-19-5-3-2-4-6-19/h2-10,17-18,32H,11-16H2,1H3. The molecule has 34 heavy (non-hydrogen) atoms. The highest BCUT2D eigenvalue weighted by Gasteiger charge is 2.29. The summed E-state index contributed by atoms with van der Waals surface area (Å²) in [5.41, 5.74) is 7.63. The maximum atomic E-state index is 13.5. The first kappa shape index (κ1) is 22.3. The number of hydrogen-bond acceptors (Lipinski definition) is 6. The van der Waals surface area contributed by atoms with Crippen LogP contribution in [0.1, 0.15) is 38.6 Å². The Hall–Kier alpha value is -3.49. The van der Waals surface area contributed by atoms with Gasteiger partial charge in [-0.2, -0.15) is 5.10 Å². The van der Waals surface area contributed by atoms with Crippen LogP contribution in [-0.4, -0.2) is 49.2 Å². The molecule has 0 fully saturated rings. The normalized spacial score (nSPS) is 13.6. The van der Waals surface area contributed by atoms with Crippen LogP contribution in [-0.2, 0) is 32.6 Å². The van der Waals surface area contributed by atoms with Gasteiger partial charge >= 0.3 is 0 Å². The molecule has 0 bridgehead atoms. The molecule has 174 valence electrons. The van der Waals surface area contributed by atoms with Gasteiger partial charge in [0, 0.05) is 49.7 Å². The molecule has 5 rings (SSSR count). The fraction of sp³-hybridized carbons (Fsp3) is 0.269. The van der Waals surface area contributed by atoms with Gasteiger partial charge in [0.15, 0.2) is 5.69 Å². The predicted octanol–water partition coefficient (Wildman–Crippen LogP) is 3.92. The van der Waals surface area contributed by atoms with E-state index < -0.39 is 0 Å². The molecule has 0 saturated heterocycles. The van der Waals surface area contributed by atoms with Crippen LogP contribution in [0.15, 0.2) is 65.5 Å². The number of aromatic hydroxyl groups is 1. The van der Waals surface area contributed by atoms with Gasteiger partial charge in [0.1, 0.15) is 5.75 Å². The van der Waals surface area contributed by atoms with Gasteiger partial charge in [-0.1, -0.05) is 42.5 Å². The highest BCUT2D eigenvalue weighted by molar-refractivity contribution is 7.07. The molecule has 2 aromatic heterocycles. The van der Waals surface area contributed by atoms with Crippen LogP contribution >= 0.6 is 11.3 Å². The summed E-state index contributed by atoms with van der Waals surface area (Å²) in [5, 5.41) is 16.4. The topological polar surface area (TPSA) is 74.5 Å². The van der Waals surface area contributed by atoms with Gasteiger partial charge in [-0.15, -0.1) is 11.3 Å². The van der Waals surface area contributed by atoms with E-state index in [1.54, 1.807) is 29.6 Å². The van der Waals surface area contributed by atoms with Crippen molar-refractivity contribution in [1.29, 1.82) is 0 Å². The second-order valence-electron chi connectivity index (χ2n) is 8.69. The average Bonchev–Trinajstić information content (AvgIpc) is 3.49. The summed E-state index contributed by atoms with van der Waals surface area (Å²) >= 11 is 1.53. The molecule has 1 amide bonds. The van der Waals surface area contributed by atoms with E-state index in [2.05, 4.69) is 22.0 Å². The highest BCUT2D eigenvalue weighted by Crippen LogP contribution is 2.26. The first-order valence-corrected chi connectivity index (χ1v) is 12.3. The van der Waals surface area contributed by atoms with Crippen LogP contribution in [0, 0.1) is 0 Å². The number of rotatable bonds is 7. The molecular formula is C26H27N5O2S.